The molecule has 128 valence electrons. The molecule has 0 aliphatic rings. The predicted molar refractivity (Wildman–Crippen MR) is 67.6 cm³/mol. The normalized spacial score (nSPS) is 7.29. The number of carbonyl (C=O) groups excluding carboxylic acids is 3. The Morgan fingerprint density at radius 2 is 1.10 bits per heavy atom. The van der Waals surface area contributed by atoms with Crippen molar-refractivity contribution in [2.24, 2.45) is 11.5 Å². The van der Waals surface area contributed by atoms with Crippen LogP contribution in [0.2, 0.25) is 0 Å². The Hall–Kier alpha value is -1.20. The predicted octanol–water partition coefficient (Wildman–Crippen LogP) is -4.85. The van der Waals surface area contributed by atoms with Crippen LogP contribution in [0.3, 0.4) is 0 Å². The Labute approximate surface area is 135 Å². The molecular formula is C11H24CoN3O6. The molecule has 0 bridgehead atoms. The van der Waals surface area contributed by atoms with Gasteiger partial charge in [0.2, 0.25) is 0 Å². The van der Waals surface area contributed by atoms with Crippen LogP contribution in [0, 0.1) is 0 Å². The summed E-state index contributed by atoms with van der Waals surface area (Å²) in [6.45, 7) is 6.29. The monoisotopic (exact) mass is 353 g/mol. The third-order valence-corrected chi connectivity index (χ3v) is 0.879. The zero-order chi connectivity index (χ0) is 17.0. The average Bonchev–Trinajstić information content (AvgIpc) is 2.22. The van der Waals surface area contributed by atoms with Crippen LogP contribution in [-0.4, -0.2) is 44.1 Å². The molecule has 10 heteroatoms. The number of carboxylic acids is 3. The molecule has 0 aromatic carbocycles. The summed E-state index contributed by atoms with van der Waals surface area (Å²) in [4.78, 5) is 26.7. The van der Waals surface area contributed by atoms with Gasteiger partial charge in [0, 0.05) is 31.0 Å². The molecule has 0 spiro atoms. The third-order valence-electron chi connectivity index (χ3n) is 0.879. The number of nitrogens with two attached hydrogens (primary N) is 2. The van der Waals surface area contributed by atoms with E-state index in [9.17, 15) is 0 Å². The van der Waals surface area contributed by atoms with Crippen LogP contribution in [0.25, 0.3) is 0 Å². The topological polar surface area (TPSA) is 184 Å². The summed E-state index contributed by atoms with van der Waals surface area (Å²) in [5, 5.41) is 29.8. The second-order valence-electron chi connectivity index (χ2n) is 3.16. The first kappa shape index (κ1) is 31.9. The van der Waals surface area contributed by atoms with Crippen molar-refractivity contribution in [3.05, 3.63) is 0 Å². The fourth-order valence-electron chi connectivity index (χ4n) is 0.454. The van der Waals surface area contributed by atoms with E-state index in [-0.39, 0.29) is 16.8 Å². The minimum Gasteiger partial charge on any atom is -0.550 e. The van der Waals surface area contributed by atoms with E-state index in [1.807, 2.05) is 0 Å². The number of nitrogens with one attached hydrogen (secondary N) is 1. The van der Waals surface area contributed by atoms with E-state index in [1.165, 1.54) is 0 Å². The molecule has 0 saturated carbocycles. The van der Waals surface area contributed by atoms with Crippen LogP contribution in [0.5, 0.6) is 0 Å². The smallest absolute Gasteiger partial charge is 0.550 e. The summed E-state index contributed by atoms with van der Waals surface area (Å²) in [6, 6.07) is 0. The minimum absolute atomic E-state index is 0. The van der Waals surface area contributed by atoms with Crippen molar-refractivity contribution in [1.29, 1.82) is 0 Å². The van der Waals surface area contributed by atoms with Crippen molar-refractivity contribution in [3.8, 4) is 0 Å². The third kappa shape index (κ3) is 368. The molecule has 9 nitrogen and oxygen atoms in total. The van der Waals surface area contributed by atoms with Gasteiger partial charge in [-0.3, -0.25) is 0 Å². The molecular weight excluding hydrogens is 329 g/mol. The van der Waals surface area contributed by atoms with Gasteiger partial charge in [-0.1, -0.05) is 0 Å². The van der Waals surface area contributed by atoms with Crippen molar-refractivity contribution in [2.45, 2.75) is 27.2 Å². The standard InChI is InChI=1S/C5H15N3.3C2H4O2.Co/c6-2-1-4-8-5-3-7;3*1-2(3)4;/h8H,1-7H2;3*1H3,(H,3,4);/q;;;;+3/p-3. The molecule has 0 aliphatic carbocycles. The van der Waals surface area contributed by atoms with Gasteiger partial charge in [-0.2, -0.15) is 0 Å². The quantitative estimate of drug-likeness (QED) is 0.408. The first-order valence-corrected chi connectivity index (χ1v) is 5.75. The number of aliphatic carboxylic acids is 3. The molecule has 0 fully saturated rings. The zero-order valence-corrected chi connectivity index (χ0v) is 13.5. The maximum atomic E-state index is 8.89. The van der Waals surface area contributed by atoms with E-state index in [0.717, 1.165) is 46.8 Å². The van der Waals surface area contributed by atoms with Gasteiger partial charge < -0.3 is 46.5 Å². The number of carbonyl (C=O) groups is 3. The maximum Gasteiger partial charge on any atom is 3.00 e. The summed E-state index contributed by atoms with van der Waals surface area (Å²) < 4.78 is 0. The van der Waals surface area contributed by atoms with Crippen LogP contribution < -0.4 is 32.1 Å². The molecule has 5 N–H and O–H groups in total. The van der Waals surface area contributed by atoms with Gasteiger partial charge in [-0.05, 0) is 40.3 Å². The van der Waals surface area contributed by atoms with Crippen LogP contribution in [0.1, 0.15) is 27.2 Å². The van der Waals surface area contributed by atoms with Gasteiger partial charge in [0.1, 0.15) is 0 Å². The molecule has 0 unspecified atom stereocenters. The summed E-state index contributed by atoms with van der Waals surface area (Å²) in [6.07, 6.45) is 1.04. The molecule has 0 amide bonds. The van der Waals surface area contributed by atoms with Gasteiger partial charge in [-0.25, -0.2) is 0 Å². The van der Waals surface area contributed by atoms with E-state index < -0.39 is 17.9 Å². The Bertz CT molecular complexity index is 195. The Balaban J connectivity index is -0.0000000570. The molecule has 0 aromatic heterocycles. The molecule has 21 heavy (non-hydrogen) atoms. The summed E-state index contributed by atoms with van der Waals surface area (Å²) >= 11 is 0. The molecule has 0 aliphatic heterocycles. The Morgan fingerprint density at radius 3 is 1.29 bits per heavy atom. The van der Waals surface area contributed by atoms with Crippen molar-refractivity contribution in [2.75, 3.05) is 26.2 Å². The Morgan fingerprint density at radius 1 is 0.810 bits per heavy atom. The van der Waals surface area contributed by atoms with Crippen molar-refractivity contribution in [1.82, 2.24) is 5.32 Å². The van der Waals surface area contributed by atoms with Crippen molar-refractivity contribution >= 4 is 17.9 Å². The fourth-order valence-corrected chi connectivity index (χ4v) is 0.454. The SMILES string of the molecule is CC(=O)[O-].CC(=O)[O-].CC(=O)[O-].NCCCNCCN.[Co+3]. The Kier molecular flexibility index (Phi) is 47.6. The zero-order valence-electron chi connectivity index (χ0n) is 12.5. The number of rotatable bonds is 5. The summed E-state index contributed by atoms with van der Waals surface area (Å²) in [5.41, 5.74) is 10.5. The maximum absolute atomic E-state index is 8.89. The second kappa shape index (κ2) is 31.3. The largest absolute Gasteiger partial charge is 3.00 e. The van der Waals surface area contributed by atoms with Crippen molar-refractivity contribution in [3.63, 3.8) is 0 Å². The molecule has 0 rings (SSSR count). The number of carboxylic acid groups (broad SMARTS) is 3. The van der Waals surface area contributed by atoms with Gasteiger partial charge in [-0.15, -0.1) is 0 Å². The van der Waals surface area contributed by atoms with E-state index in [2.05, 4.69) is 5.32 Å². The van der Waals surface area contributed by atoms with Crippen LogP contribution in [0.15, 0.2) is 0 Å². The minimum atomic E-state index is -1.08. The first-order chi connectivity index (χ1) is 9.11. The average molecular weight is 353 g/mol. The van der Waals surface area contributed by atoms with Crippen molar-refractivity contribution < 1.29 is 46.5 Å². The summed E-state index contributed by atoms with van der Waals surface area (Å²) in [5.74, 6) is -3.25. The first-order valence-electron chi connectivity index (χ1n) is 5.75. The molecule has 0 atom stereocenters. The van der Waals surface area contributed by atoms with E-state index >= 15 is 0 Å². The van der Waals surface area contributed by atoms with Crippen LogP contribution in [0.4, 0.5) is 0 Å². The number of hydrogen-bond donors (Lipinski definition) is 3. The van der Waals surface area contributed by atoms with Gasteiger partial charge in [0.25, 0.3) is 0 Å². The molecule has 0 saturated heterocycles. The molecule has 0 heterocycles. The van der Waals surface area contributed by atoms with Gasteiger partial charge >= 0.3 is 16.8 Å². The van der Waals surface area contributed by atoms with Crippen LogP contribution >= 0.6 is 0 Å². The molecule has 0 radical (unpaired) electrons. The van der Waals surface area contributed by atoms with Gasteiger partial charge in [0.15, 0.2) is 0 Å². The van der Waals surface area contributed by atoms with Gasteiger partial charge in [0.05, 0.1) is 0 Å². The number of hydrogen-bond acceptors (Lipinski definition) is 9. The summed E-state index contributed by atoms with van der Waals surface area (Å²) in [7, 11) is 0. The molecule has 0 aromatic rings. The van der Waals surface area contributed by atoms with Crippen LogP contribution in [-0.2, 0) is 31.2 Å². The van der Waals surface area contributed by atoms with E-state index in [1.54, 1.807) is 0 Å². The second-order valence-corrected chi connectivity index (χ2v) is 3.16. The van der Waals surface area contributed by atoms with E-state index in [0.29, 0.717) is 6.54 Å². The van der Waals surface area contributed by atoms with E-state index in [4.69, 9.17) is 41.2 Å². The fraction of sp³-hybridized carbons (Fsp3) is 0.727.